The number of aliphatic hydroxyl groups is 3. The van der Waals surface area contributed by atoms with Crippen LogP contribution in [0.25, 0.3) is 17.9 Å². The average Bonchev–Trinajstić information content (AvgIpc) is 3.71. The molecule has 60 heavy (non-hydrogen) atoms. The Hall–Kier alpha value is -4.76. The average molecular weight is 812 g/mol. The molecule has 5 aliphatic rings. The second-order valence-electron chi connectivity index (χ2n) is 18.4. The third-order valence-corrected chi connectivity index (χ3v) is 15.1. The lowest BCUT2D eigenvalue weighted by Gasteiger charge is -2.55. The zero-order valence-electron chi connectivity index (χ0n) is 34.5. The molecular weight excluding hydrogens is 751 g/mol. The molecule has 10 atom stereocenters. The number of rotatable bonds is 13. The normalized spacial score (nSPS) is 29.9. The smallest absolute Gasteiger partial charge is 0.308 e. The van der Waals surface area contributed by atoms with Crippen molar-refractivity contribution in [3.63, 3.8) is 0 Å². The van der Waals surface area contributed by atoms with Gasteiger partial charge >= 0.3 is 5.97 Å². The Morgan fingerprint density at radius 3 is 2.53 bits per heavy atom. The molecule has 0 amide bonds. The van der Waals surface area contributed by atoms with Crippen molar-refractivity contribution in [2.24, 2.45) is 53.1 Å². The predicted molar refractivity (Wildman–Crippen MR) is 235 cm³/mol. The number of carboxylic acids is 1. The Labute approximate surface area is 353 Å². The lowest BCUT2D eigenvalue weighted by molar-refractivity contribution is -0.160. The van der Waals surface area contributed by atoms with E-state index < -0.39 is 29.5 Å². The Morgan fingerprint density at radius 1 is 0.950 bits per heavy atom. The molecule has 8 nitrogen and oxygen atoms in total. The van der Waals surface area contributed by atoms with Gasteiger partial charge in [-0.25, -0.2) is 0 Å². The highest BCUT2D eigenvalue weighted by Gasteiger charge is 2.59. The summed E-state index contributed by atoms with van der Waals surface area (Å²) >= 11 is 0. The van der Waals surface area contributed by atoms with Crippen LogP contribution >= 0.6 is 0 Å². The van der Waals surface area contributed by atoms with Crippen molar-refractivity contribution < 1.29 is 35.1 Å². The fourth-order valence-electron chi connectivity index (χ4n) is 12.1. The maximum atomic E-state index is 13.9. The molecule has 7 N–H and O–H groups in total. The van der Waals surface area contributed by atoms with Crippen LogP contribution in [-0.2, 0) is 21.4 Å². The van der Waals surface area contributed by atoms with Crippen molar-refractivity contribution >= 4 is 30.2 Å². The van der Waals surface area contributed by atoms with E-state index in [1.54, 1.807) is 18.2 Å². The van der Waals surface area contributed by atoms with Crippen molar-refractivity contribution in [3.05, 3.63) is 129 Å². The van der Waals surface area contributed by atoms with Gasteiger partial charge in [-0.1, -0.05) is 116 Å². The number of fused-ring (bicyclic) bond motifs is 3. The van der Waals surface area contributed by atoms with Gasteiger partial charge in [0.15, 0.2) is 6.29 Å². The highest BCUT2D eigenvalue weighted by atomic mass is 16.5. The number of phenolic OH excluding ortho intramolecular Hbond substituents is 1. The minimum atomic E-state index is -1.93. The summed E-state index contributed by atoms with van der Waals surface area (Å²) in [4.78, 5) is 26.1. The van der Waals surface area contributed by atoms with E-state index in [0.717, 1.165) is 90.3 Å². The van der Waals surface area contributed by atoms with Crippen molar-refractivity contribution in [2.75, 3.05) is 6.54 Å². The molecule has 1 spiro atoms. The topological polar surface area (TPSA) is 161 Å². The molecule has 0 aromatic heterocycles. The molecule has 0 radical (unpaired) electrons. The lowest BCUT2D eigenvalue weighted by atomic mass is 9.47. The first-order chi connectivity index (χ1) is 29.1. The Kier molecular flexibility index (Phi) is 12.6. The third kappa shape index (κ3) is 8.18. The molecule has 3 aromatic rings. The molecule has 0 saturated heterocycles. The van der Waals surface area contributed by atoms with E-state index in [1.165, 1.54) is 5.57 Å². The van der Waals surface area contributed by atoms with Crippen LogP contribution in [0.3, 0.4) is 0 Å². The number of hydrogen-bond acceptors (Lipinski definition) is 7. The fraction of sp³-hybridized carbons (Fsp3) is 0.462. The molecule has 1 fully saturated rings. The number of phenols is 1. The van der Waals surface area contributed by atoms with Crippen LogP contribution in [0.15, 0.2) is 96.6 Å². The second-order valence-corrected chi connectivity index (χ2v) is 18.4. The minimum absolute atomic E-state index is 0.00790. The van der Waals surface area contributed by atoms with Gasteiger partial charge in [-0.05, 0) is 134 Å². The molecule has 3 aromatic carbocycles. The predicted octanol–water partition coefficient (Wildman–Crippen LogP) is 7.44. The molecule has 8 rings (SSSR count). The number of allylic oxidation sites excluding steroid dienone is 3. The number of aldehydes is 1. The van der Waals surface area contributed by atoms with Crippen LogP contribution in [-0.4, -0.2) is 50.6 Å². The van der Waals surface area contributed by atoms with Crippen LogP contribution in [0.5, 0.6) is 5.75 Å². The monoisotopic (exact) mass is 811 g/mol. The van der Waals surface area contributed by atoms with Crippen LogP contribution < -0.4 is 16.2 Å². The van der Waals surface area contributed by atoms with E-state index in [4.69, 9.17) is 5.73 Å². The maximum Gasteiger partial charge on any atom is 0.308 e. The summed E-state index contributed by atoms with van der Waals surface area (Å²) in [7, 11) is 0. The number of aliphatic hydroxyl groups excluding tert-OH is 2. The van der Waals surface area contributed by atoms with E-state index >= 15 is 0 Å². The largest absolute Gasteiger partial charge is 0.511 e. The number of carbonyl (C=O) groups is 2. The highest BCUT2D eigenvalue weighted by molar-refractivity contribution is 5.76. The summed E-state index contributed by atoms with van der Waals surface area (Å²) in [6, 6.07) is 21.7. The summed E-state index contributed by atoms with van der Waals surface area (Å²) in [5.74, 6) is -3.01. The van der Waals surface area contributed by atoms with Gasteiger partial charge < -0.3 is 36.1 Å². The molecule has 5 aliphatic carbocycles. The van der Waals surface area contributed by atoms with Gasteiger partial charge in [-0.2, -0.15) is 0 Å². The van der Waals surface area contributed by atoms with Crippen molar-refractivity contribution in [1.82, 2.24) is 0 Å². The molecule has 1 saturated carbocycles. The fourth-order valence-corrected chi connectivity index (χ4v) is 12.1. The maximum absolute atomic E-state index is 13.9. The number of aliphatic carboxylic acids is 1. The summed E-state index contributed by atoms with van der Waals surface area (Å²) in [5.41, 5.74) is 10.1. The number of carbonyl (C=O) groups excluding carboxylic acids is 1. The number of hydrogen-bond donors (Lipinski definition) is 6. The molecule has 316 valence electrons. The first-order valence-electron chi connectivity index (χ1n) is 22.3. The summed E-state index contributed by atoms with van der Waals surface area (Å²) < 4.78 is 0. The zero-order chi connectivity index (χ0) is 42.0. The van der Waals surface area contributed by atoms with E-state index in [-0.39, 0.29) is 47.0 Å². The molecular formula is C52H61NO7. The van der Waals surface area contributed by atoms with Gasteiger partial charge in [-0.15, -0.1) is 0 Å². The van der Waals surface area contributed by atoms with E-state index in [0.29, 0.717) is 38.1 Å². The van der Waals surface area contributed by atoms with E-state index in [2.05, 4.69) is 42.5 Å². The van der Waals surface area contributed by atoms with Gasteiger partial charge in [0.05, 0.1) is 5.92 Å². The zero-order valence-corrected chi connectivity index (χ0v) is 34.5. The van der Waals surface area contributed by atoms with Crippen LogP contribution in [0.2, 0.25) is 0 Å². The molecule has 0 aliphatic heterocycles. The summed E-state index contributed by atoms with van der Waals surface area (Å²) in [6.07, 6.45) is 21.5. The van der Waals surface area contributed by atoms with Crippen molar-refractivity contribution in [1.29, 1.82) is 0 Å². The second kappa shape index (κ2) is 18.1. The number of aromatic hydroxyl groups is 1. The SMILES string of the molecule is NCCC1=C[C@H]([C@@H](C=O)CCCCCC2CC=C[C@H](C(O)O)[C@H](C(=O)O)[C@@]34C[C@H]5C(O)=c6ccccc6=C[C@@H]5C[C@@H]3C=Cc3ccc(cc34)C[C@@H]2c2ccc(O)cc2)CC1. The summed E-state index contributed by atoms with van der Waals surface area (Å²) in [6.45, 7) is 0.637. The quantitative estimate of drug-likeness (QED) is 0.0450. The van der Waals surface area contributed by atoms with Crippen LogP contribution in [0.4, 0.5) is 0 Å². The molecule has 2 bridgehead atoms. The molecule has 8 heteroatoms. The minimum Gasteiger partial charge on any atom is -0.511 e. The first kappa shape index (κ1) is 42.0. The summed E-state index contributed by atoms with van der Waals surface area (Å²) in [5, 5.41) is 57.7. The number of unbranched alkanes of at least 4 members (excludes halogenated alkanes) is 2. The van der Waals surface area contributed by atoms with Gasteiger partial charge in [0.25, 0.3) is 0 Å². The van der Waals surface area contributed by atoms with Crippen molar-refractivity contribution in [2.45, 2.75) is 94.7 Å². The standard InChI is InChI=1S/C52H61NO7/c53-24-23-32-13-16-37(25-32)39(31-54)9-3-1-2-7-34-10-6-12-44(50(57)58)48(51(59)60)52-30-46-40(28-38-8-4-5-11-43(38)49(46)56)29-41(52)20-17-36-15-14-33(27-47(36)52)26-45(34)35-18-21-42(55)22-19-35/h4-6,8,11-12,14-15,17-22,25,27-28,31,34,37,39-41,44-46,48,50,55-58H,1-3,7,9-10,13,16,23-24,26,29-30,53H2,(H,59,60)/t34?,37-,39-,40-,41+,44+,45+,46-,48-,52+/m1/s1. The molecule has 0 heterocycles. The van der Waals surface area contributed by atoms with E-state index in [1.807, 2.05) is 42.5 Å². The van der Waals surface area contributed by atoms with Crippen LogP contribution in [0, 0.1) is 47.3 Å². The van der Waals surface area contributed by atoms with Gasteiger partial charge in [0.2, 0.25) is 0 Å². The van der Waals surface area contributed by atoms with Gasteiger partial charge in [-0.3, -0.25) is 4.79 Å². The lowest BCUT2D eigenvalue weighted by Crippen LogP contribution is -2.57. The Balaban J connectivity index is 1.14. The van der Waals surface area contributed by atoms with Gasteiger partial charge in [0.1, 0.15) is 17.8 Å². The Bertz CT molecular complexity index is 2260. The number of benzene rings is 3. The van der Waals surface area contributed by atoms with E-state index in [9.17, 15) is 35.1 Å². The molecule has 1 unspecified atom stereocenters. The highest BCUT2D eigenvalue weighted by Crippen LogP contribution is 2.60. The third-order valence-electron chi connectivity index (χ3n) is 15.1. The number of carboxylic acid groups (broad SMARTS) is 1. The Morgan fingerprint density at radius 2 is 1.77 bits per heavy atom. The van der Waals surface area contributed by atoms with Crippen molar-refractivity contribution in [3.8, 4) is 5.75 Å². The first-order valence-corrected chi connectivity index (χ1v) is 22.3. The van der Waals surface area contributed by atoms with Crippen LogP contribution in [0.1, 0.15) is 98.8 Å². The number of nitrogens with two attached hydrogens (primary N) is 1. The van der Waals surface area contributed by atoms with Gasteiger partial charge in [0, 0.05) is 28.4 Å².